The minimum absolute atomic E-state index is 0. The topological polar surface area (TPSA) is 67.9 Å². The third-order valence-electron chi connectivity index (χ3n) is 4.19. The summed E-state index contributed by atoms with van der Waals surface area (Å²) in [5.74, 6) is -0.828. The van der Waals surface area contributed by atoms with Crippen LogP contribution in [0.25, 0.3) is 0 Å². The molecule has 0 spiro atoms. The van der Waals surface area contributed by atoms with E-state index in [-0.39, 0.29) is 18.3 Å². The van der Waals surface area contributed by atoms with Crippen LogP contribution in [0.2, 0.25) is 10.0 Å². The van der Waals surface area contributed by atoms with E-state index in [2.05, 4.69) is 10.2 Å². The fourth-order valence-electron chi connectivity index (χ4n) is 2.81. The molecule has 0 aromatic heterocycles. The Morgan fingerprint density at radius 2 is 1.79 bits per heavy atom. The first-order chi connectivity index (χ1) is 13.0. The van der Waals surface area contributed by atoms with Gasteiger partial charge in [0.1, 0.15) is 0 Å². The second kappa shape index (κ2) is 9.98. The molecule has 1 aliphatic heterocycles. The number of hydrogen-bond donors (Lipinski definition) is 1. The van der Waals surface area contributed by atoms with Crippen molar-refractivity contribution in [2.45, 2.75) is 0 Å². The van der Waals surface area contributed by atoms with Gasteiger partial charge in [-0.3, -0.25) is 4.79 Å². The molecule has 1 heterocycles. The van der Waals surface area contributed by atoms with Crippen molar-refractivity contribution >= 4 is 58.9 Å². The molecule has 1 fully saturated rings. The molecule has 1 saturated heterocycles. The number of carbonyl (C=O) groups excluding carboxylic acids is 2. The zero-order valence-electron chi connectivity index (χ0n) is 15.0. The highest BCUT2D eigenvalue weighted by molar-refractivity contribution is 6.42. The van der Waals surface area contributed by atoms with Crippen molar-refractivity contribution < 1.29 is 19.1 Å². The summed E-state index contributed by atoms with van der Waals surface area (Å²) in [6, 6.07) is 9.76. The van der Waals surface area contributed by atoms with Gasteiger partial charge < -0.3 is 19.7 Å². The quantitative estimate of drug-likeness (QED) is 0.711. The summed E-state index contributed by atoms with van der Waals surface area (Å²) in [6.45, 7) is 2.55. The maximum Gasteiger partial charge on any atom is 0.340 e. The number of amides is 1. The Morgan fingerprint density at radius 1 is 1.07 bits per heavy atom. The lowest BCUT2D eigenvalue weighted by Gasteiger charge is -2.30. The maximum absolute atomic E-state index is 12.5. The lowest BCUT2D eigenvalue weighted by atomic mass is 10.1. The van der Waals surface area contributed by atoms with Crippen molar-refractivity contribution in [3.05, 3.63) is 57.6 Å². The summed E-state index contributed by atoms with van der Waals surface area (Å²) in [4.78, 5) is 26.8. The summed E-state index contributed by atoms with van der Waals surface area (Å²) in [6.07, 6.45) is 0. The molecular weight excluding hydrogens is 427 g/mol. The Balaban J connectivity index is 0.00000280. The van der Waals surface area contributed by atoms with E-state index in [1.807, 2.05) is 0 Å². The van der Waals surface area contributed by atoms with Crippen LogP contribution in [0, 0.1) is 0 Å². The zero-order valence-corrected chi connectivity index (χ0v) is 17.4. The van der Waals surface area contributed by atoms with Crippen molar-refractivity contribution in [1.82, 2.24) is 0 Å². The van der Waals surface area contributed by atoms with Crippen LogP contribution < -0.4 is 10.2 Å². The van der Waals surface area contributed by atoms with E-state index >= 15 is 0 Å². The Bertz CT molecular complexity index is 870. The molecule has 1 aliphatic rings. The van der Waals surface area contributed by atoms with E-state index in [1.165, 1.54) is 13.2 Å². The average molecular weight is 446 g/mol. The first-order valence-corrected chi connectivity index (χ1v) is 9.06. The van der Waals surface area contributed by atoms with Gasteiger partial charge in [-0.2, -0.15) is 0 Å². The number of nitrogens with one attached hydrogen (secondary N) is 1. The predicted molar refractivity (Wildman–Crippen MR) is 112 cm³/mol. The lowest BCUT2D eigenvalue weighted by Crippen LogP contribution is -2.37. The number of nitrogens with zero attached hydrogens (tertiary/aromatic N) is 1. The molecule has 2 aromatic rings. The Labute approximate surface area is 179 Å². The van der Waals surface area contributed by atoms with E-state index in [1.54, 1.807) is 30.3 Å². The lowest BCUT2D eigenvalue weighted by molar-refractivity contribution is 0.0600. The Kier molecular flexibility index (Phi) is 7.95. The number of ether oxygens (including phenoxy) is 2. The van der Waals surface area contributed by atoms with Gasteiger partial charge in [0, 0.05) is 24.3 Å². The smallest absolute Gasteiger partial charge is 0.340 e. The molecule has 28 heavy (non-hydrogen) atoms. The highest BCUT2D eigenvalue weighted by Gasteiger charge is 2.20. The molecule has 1 amide bonds. The number of methoxy groups -OCH3 is 1. The number of esters is 1. The van der Waals surface area contributed by atoms with Crippen LogP contribution >= 0.6 is 35.6 Å². The second-order valence-corrected chi connectivity index (χ2v) is 6.72. The predicted octanol–water partition coefficient (Wildman–Crippen LogP) is 4.29. The van der Waals surface area contributed by atoms with Gasteiger partial charge in [-0.1, -0.05) is 23.2 Å². The summed E-state index contributed by atoms with van der Waals surface area (Å²) in [5, 5.41) is 3.43. The monoisotopic (exact) mass is 444 g/mol. The van der Waals surface area contributed by atoms with Crippen molar-refractivity contribution in [2.24, 2.45) is 0 Å². The van der Waals surface area contributed by atoms with E-state index < -0.39 is 5.97 Å². The van der Waals surface area contributed by atoms with Gasteiger partial charge in [0.15, 0.2) is 0 Å². The molecular formula is C19H19Cl3N2O4. The molecule has 0 atom stereocenters. The van der Waals surface area contributed by atoms with Gasteiger partial charge in [0.25, 0.3) is 5.91 Å². The summed E-state index contributed by atoms with van der Waals surface area (Å²) >= 11 is 11.8. The minimum atomic E-state index is -0.470. The highest BCUT2D eigenvalue weighted by Crippen LogP contribution is 2.27. The number of halogens is 3. The third-order valence-corrected chi connectivity index (χ3v) is 4.93. The minimum Gasteiger partial charge on any atom is -0.465 e. The third kappa shape index (κ3) is 5.08. The number of anilines is 2. The van der Waals surface area contributed by atoms with Crippen LogP contribution in [0.1, 0.15) is 20.7 Å². The Hall–Kier alpha value is -1.99. The normalized spacial score (nSPS) is 13.5. The van der Waals surface area contributed by atoms with Gasteiger partial charge in [0.2, 0.25) is 0 Å². The average Bonchev–Trinajstić information content (AvgIpc) is 2.70. The molecule has 6 nitrogen and oxygen atoms in total. The van der Waals surface area contributed by atoms with E-state index in [9.17, 15) is 9.59 Å². The van der Waals surface area contributed by atoms with Crippen molar-refractivity contribution in [1.29, 1.82) is 0 Å². The summed E-state index contributed by atoms with van der Waals surface area (Å²) in [7, 11) is 1.33. The van der Waals surface area contributed by atoms with Gasteiger partial charge in [0.05, 0.1) is 41.6 Å². The highest BCUT2D eigenvalue weighted by atomic mass is 35.5. The molecule has 1 N–H and O–H groups in total. The second-order valence-electron chi connectivity index (χ2n) is 5.91. The zero-order chi connectivity index (χ0) is 19.4. The van der Waals surface area contributed by atoms with Crippen LogP contribution in [0.3, 0.4) is 0 Å². The summed E-state index contributed by atoms with van der Waals surface area (Å²) in [5.41, 5.74) is 1.97. The molecule has 0 radical (unpaired) electrons. The molecule has 0 bridgehead atoms. The first kappa shape index (κ1) is 22.3. The van der Waals surface area contributed by atoms with Gasteiger partial charge >= 0.3 is 5.97 Å². The molecule has 2 aromatic carbocycles. The standard InChI is InChI=1S/C19H18Cl2N2O4.ClH/c1-26-19(25)14-11-13(3-5-17(14)23-6-8-27-9-7-23)22-18(24)12-2-4-15(20)16(21)10-12;/h2-5,10-11H,6-9H2,1H3,(H,22,24);1H. The van der Waals surface area contributed by atoms with Crippen molar-refractivity contribution in [2.75, 3.05) is 43.6 Å². The van der Waals surface area contributed by atoms with Gasteiger partial charge in [-0.05, 0) is 36.4 Å². The molecule has 0 saturated carbocycles. The molecule has 0 aliphatic carbocycles. The molecule has 9 heteroatoms. The molecule has 3 rings (SSSR count). The first-order valence-electron chi connectivity index (χ1n) is 8.31. The van der Waals surface area contributed by atoms with Crippen LogP contribution in [0.15, 0.2) is 36.4 Å². The fraction of sp³-hybridized carbons (Fsp3) is 0.263. The largest absolute Gasteiger partial charge is 0.465 e. The van der Waals surface area contributed by atoms with Crippen LogP contribution in [0.4, 0.5) is 11.4 Å². The Morgan fingerprint density at radius 3 is 2.43 bits per heavy atom. The van der Waals surface area contributed by atoms with Crippen LogP contribution in [0.5, 0.6) is 0 Å². The number of carbonyl (C=O) groups is 2. The van der Waals surface area contributed by atoms with E-state index in [0.29, 0.717) is 53.2 Å². The molecule has 150 valence electrons. The number of rotatable bonds is 4. The van der Waals surface area contributed by atoms with Crippen molar-refractivity contribution in [3.63, 3.8) is 0 Å². The SMILES string of the molecule is COC(=O)c1cc(NC(=O)c2ccc(Cl)c(Cl)c2)ccc1N1CCOCC1.Cl. The number of hydrogen-bond acceptors (Lipinski definition) is 5. The summed E-state index contributed by atoms with van der Waals surface area (Å²) < 4.78 is 10.3. The fourth-order valence-corrected chi connectivity index (χ4v) is 3.11. The van der Waals surface area contributed by atoms with Gasteiger partial charge in [-0.25, -0.2) is 4.79 Å². The number of benzene rings is 2. The molecule has 0 unspecified atom stereocenters. The van der Waals surface area contributed by atoms with Gasteiger partial charge in [-0.15, -0.1) is 12.4 Å². The van der Waals surface area contributed by atoms with E-state index in [4.69, 9.17) is 32.7 Å². The van der Waals surface area contributed by atoms with Crippen molar-refractivity contribution in [3.8, 4) is 0 Å². The van der Waals surface area contributed by atoms with Crippen LogP contribution in [-0.4, -0.2) is 45.3 Å². The van der Waals surface area contributed by atoms with Crippen LogP contribution in [-0.2, 0) is 9.47 Å². The number of morpholine rings is 1. The van der Waals surface area contributed by atoms with E-state index in [0.717, 1.165) is 5.69 Å². The maximum atomic E-state index is 12.5.